The van der Waals surface area contributed by atoms with Crippen molar-refractivity contribution in [2.24, 2.45) is 0 Å². The number of carbonyl (C=O) groups excluding carboxylic acids is 2. The molecule has 0 bridgehead atoms. The third-order valence-corrected chi connectivity index (χ3v) is 5.30. The van der Waals surface area contributed by atoms with Gasteiger partial charge in [-0.3, -0.25) is 9.59 Å². The van der Waals surface area contributed by atoms with Crippen molar-refractivity contribution in [3.8, 4) is 0 Å². The fraction of sp³-hybridized carbons (Fsp3) is 0.346. The molecule has 3 aromatic rings. The van der Waals surface area contributed by atoms with E-state index in [0.717, 1.165) is 40.7 Å². The first-order valence-electron chi connectivity index (χ1n) is 11.2. The number of benzene rings is 2. The molecular weight excluding hydrogens is 402 g/mol. The van der Waals surface area contributed by atoms with E-state index in [2.05, 4.69) is 36.6 Å². The summed E-state index contributed by atoms with van der Waals surface area (Å²) >= 11 is 0. The van der Waals surface area contributed by atoms with Gasteiger partial charge in [-0.25, -0.2) is 4.98 Å². The second-order valence-electron chi connectivity index (χ2n) is 7.77. The maximum absolute atomic E-state index is 12.4. The molecule has 2 aromatic carbocycles. The number of aromatic nitrogens is 1. The molecule has 0 radical (unpaired) electrons. The van der Waals surface area contributed by atoms with E-state index >= 15 is 0 Å². The van der Waals surface area contributed by atoms with E-state index in [1.807, 2.05) is 42.5 Å². The van der Waals surface area contributed by atoms with Crippen LogP contribution >= 0.6 is 0 Å². The highest BCUT2D eigenvalue weighted by Crippen LogP contribution is 2.27. The Balaban J connectivity index is 1.68. The number of amides is 1. The van der Waals surface area contributed by atoms with Gasteiger partial charge in [0.2, 0.25) is 0 Å². The molecule has 0 aliphatic rings. The van der Waals surface area contributed by atoms with Crippen LogP contribution in [0.1, 0.15) is 60.6 Å². The van der Waals surface area contributed by atoms with Crippen LogP contribution in [0.2, 0.25) is 0 Å². The molecule has 6 heteroatoms. The third kappa shape index (κ3) is 6.06. The number of hydrogen-bond acceptors (Lipinski definition) is 5. The van der Waals surface area contributed by atoms with Crippen LogP contribution in [0.4, 0.5) is 5.82 Å². The Hall–Kier alpha value is -3.41. The summed E-state index contributed by atoms with van der Waals surface area (Å²) in [4.78, 5) is 28.6. The van der Waals surface area contributed by atoms with Crippen LogP contribution in [0.3, 0.4) is 0 Å². The maximum Gasteiger partial charge on any atom is 0.307 e. The van der Waals surface area contributed by atoms with Crippen molar-refractivity contribution in [2.75, 3.05) is 18.5 Å². The minimum atomic E-state index is -0.311. The number of ether oxygens (including phenoxy) is 1. The van der Waals surface area contributed by atoms with Gasteiger partial charge in [-0.15, -0.1) is 0 Å². The highest BCUT2D eigenvalue weighted by atomic mass is 16.5. The molecule has 32 heavy (non-hydrogen) atoms. The quantitative estimate of drug-likeness (QED) is 0.431. The number of carbonyl (C=O) groups is 2. The average molecular weight is 434 g/mol. The van der Waals surface area contributed by atoms with Gasteiger partial charge in [0.1, 0.15) is 5.82 Å². The predicted octanol–water partition coefficient (Wildman–Crippen LogP) is 5.18. The average Bonchev–Trinajstić information content (AvgIpc) is 2.79. The molecular formula is C26H31N3O3. The molecule has 3 rings (SSSR count). The Bertz CT molecular complexity index is 1060. The van der Waals surface area contributed by atoms with Gasteiger partial charge in [0.15, 0.2) is 0 Å². The van der Waals surface area contributed by atoms with Crippen LogP contribution in [-0.2, 0) is 9.53 Å². The number of nitrogens with zero attached hydrogens (tertiary/aromatic N) is 1. The maximum atomic E-state index is 12.4. The SMILES string of the molecule is CCCC(Nc1nc2ccccc2cc1C)c1ccc(C(=O)NCCC(=O)OCC)cc1. The molecule has 0 saturated heterocycles. The van der Waals surface area contributed by atoms with E-state index in [9.17, 15) is 9.59 Å². The van der Waals surface area contributed by atoms with Crippen LogP contribution < -0.4 is 10.6 Å². The van der Waals surface area contributed by atoms with E-state index in [1.165, 1.54) is 0 Å². The first kappa shape index (κ1) is 23.3. The van der Waals surface area contributed by atoms with Crippen molar-refractivity contribution >= 4 is 28.6 Å². The topological polar surface area (TPSA) is 80.3 Å². The summed E-state index contributed by atoms with van der Waals surface area (Å²) in [6.45, 7) is 6.58. The van der Waals surface area contributed by atoms with Crippen LogP contribution in [0.25, 0.3) is 10.9 Å². The molecule has 0 aliphatic carbocycles. The van der Waals surface area contributed by atoms with Crippen LogP contribution in [0.5, 0.6) is 0 Å². The van der Waals surface area contributed by atoms with Crippen LogP contribution in [-0.4, -0.2) is 30.0 Å². The Kier molecular flexibility index (Phi) is 8.20. The number of aryl methyl sites for hydroxylation is 1. The minimum Gasteiger partial charge on any atom is -0.466 e. The monoisotopic (exact) mass is 433 g/mol. The fourth-order valence-electron chi connectivity index (χ4n) is 3.62. The van der Waals surface area contributed by atoms with E-state index < -0.39 is 0 Å². The largest absolute Gasteiger partial charge is 0.466 e. The highest BCUT2D eigenvalue weighted by molar-refractivity contribution is 5.94. The first-order chi connectivity index (χ1) is 15.5. The zero-order valence-electron chi connectivity index (χ0n) is 19.0. The van der Waals surface area contributed by atoms with Gasteiger partial charge in [-0.1, -0.05) is 43.7 Å². The summed E-state index contributed by atoms with van der Waals surface area (Å²) in [7, 11) is 0. The highest BCUT2D eigenvalue weighted by Gasteiger charge is 2.15. The second kappa shape index (κ2) is 11.3. The molecule has 1 atom stereocenters. The summed E-state index contributed by atoms with van der Waals surface area (Å²) in [5, 5.41) is 7.49. The van der Waals surface area contributed by atoms with Crippen molar-refractivity contribution in [1.29, 1.82) is 0 Å². The lowest BCUT2D eigenvalue weighted by molar-refractivity contribution is -0.142. The van der Waals surface area contributed by atoms with Gasteiger partial charge in [0.25, 0.3) is 5.91 Å². The van der Waals surface area contributed by atoms with E-state index in [0.29, 0.717) is 12.2 Å². The van der Waals surface area contributed by atoms with Gasteiger partial charge in [-0.2, -0.15) is 0 Å². The predicted molar refractivity (Wildman–Crippen MR) is 128 cm³/mol. The van der Waals surface area contributed by atoms with Crippen molar-refractivity contribution in [1.82, 2.24) is 10.3 Å². The van der Waals surface area contributed by atoms with Crippen LogP contribution in [0.15, 0.2) is 54.6 Å². The van der Waals surface area contributed by atoms with Crippen LogP contribution in [0, 0.1) is 6.92 Å². The molecule has 0 saturated carbocycles. The van der Waals surface area contributed by atoms with Crippen molar-refractivity contribution in [3.05, 3.63) is 71.3 Å². The summed E-state index contributed by atoms with van der Waals surface area (Å²) in [6, 6.07) is 17.9. The van der Waals surface area contributed by atoms with Gasteiger partial charge in [0, 0.05) is 17.5 Å². The minimum absolute atomic E-state index is 0.0910. The molecule has 1 unspecified atom stereocenters. The molecule has 6 nitrogen and oxygen atoms in total. The first-order valence-corrected chi connectivity index (χ1v) is 11.2. The smallest absolute Gasteiger partial charge is 0.307 e. The molecule has 0 fully saturated rings. The Labute approximate surface area is 189 Å². The second-order valence-corrected chi connectivity index (χ2v) is 7.77. The molecule has 1 amide bonds. The van der Waals surface area contributed by atoms with E-state index in [-0.39, 0.29) is 30.9 Å². The van der Waals surface area contributed by atoms with Gasteiger partial charge in [0.05, 0.1) is 24.6 Å². The van der Waals surface area contributed by atoms with Crippen molar-refractivity contribution in [3.63, 3.8) is 0 Å². The zero-order chi connectivity index (χ0) is 22.9. The summed E-state index contributed by atoms with van der Waals surface area (Å²) in [5.74, 6) is 0.366. The third-order valence-electron chi connectivity index (χ3n) is 5.30. The van der Waals surface area contributed by atoms with Gasteiger partial charge < -0.3 is 15.4 Å². The number of hydrogen-bond donors (Lipinski definition) is 2. The zero-order valence-corrected chi connectivity index (χ0v) is 19.0. The number of pyridine rings is 1. The van der Waals surface area contributed by atoms with Crippen molar-refractivity contribution < 1.29 is 14.3 Å². The van der Waals surface area contributed by atoms with Gasteiger partial charge in [-0.05, 0) is 55.7 Å². The standard InChI is InChI=1S/C26H31N3O3/c1-4-8-22(28-25-18(3)17-21-9-6-7-10-23(21)29-25)19-11-13-20(14-12-19)26(31)27-16-15-24(30)32-5-2/h6-7,9-14,17,22H,4-5,8,15-16H2,1-3H3,(H,27,31)(H,28,29). The van der Waals surface area contributed by atoms with E-state index in [4.69, 9.17) is 9.72 Å². The van der Waals surface area contributed by atoms with Gasteiger partial charge >= 0.3 is 5.97 Å². The number of para-hydroxylation sites is 1. The molecule has 168 valence electrons. The summed E-state index contributed by atoms with van der Waals surface area (Å²) < 4.78 is 4.87. The number of esters is 1. The Morgan fingerprint density at radius 1 is 1.06 bits per heavy atom. The van der Waals surface area contributed by atoms with E-state index in [1.54, 1.807) is 6.92 Å². The number of nitrogens with one attached hydrogen (secondary N) is 2. The molecule has 2 N–H and O–H groups in total. The lowest BCUT2D eigenvalue weighted by Crippen LogP contribution is -2.26. The Morgan fingerprint density at radius 2 is 1.81 bits per heavy atom. The lowest BCUT2D eigenvalue weighted by atomic mass is 10.00. The lowest BCUT2D eigenvalue weighted by Gasteiger charge is -2.21. The summed E-state index contributed by atoms with van der Waals surface area (Å²) in [6.07, 6.45) is 2.12. The molecule has 0 spiro atoms. The molecule has 1 aromatic heterocycles. The number of fused-ring (bicyclic) bond motifs is 1. The number of rotatable bonds is 10. The number of anilines is 1. The summed E-state index contributed by atoms with van der Waals surface area (Å²) in [5.41, 5.74) is 3.73. The normalized spacial score (nSPS) is 11.7. The molecule has 1 heterocycles. The fourth-order valence-corrected chi connectivity index (χ4v) is 3.62. The Morgan fingerprint density at radius 3 is 2.53 bits per heavy atom. The molecule has 0 aliphatic heterocycles. The van der Waals surface area contributed by atoms with Crippen molar-refractivity contribution in [2.45, 2.75) is 46.1 Å².